The Kier molecular flexibility index (Phi) is 4.51. The van der Waals surface area contributed by atoms with Crippen LogP contribution >= 0.6 is 11.3 Å². The van der Waals surface area contributed by atoms with Crippen LogP contribution in [0.4, 0.5) is 0 Å². The third-order valence-electron chi connectivity index (χ3n) is 3.33. The summed E-state index contributed by atoms with van der Waals surface area (Å²) >= 11 is 1.54. The zero-order chi connectivity index (χ0) is 16.1. The van der Waals surface area contributed by atoms with Crippen LogP contribution in [0.15, 0.2) is 66.0 Å². The summed E-state index contributed by atoms with van der Waals surface area (Å²) in [5, 5.41) is 10.8. The second kappa shape index (κ2) is 6.91. The Hall–Kier alpha value is -2.90. The number of hydrogen-bond donors (Lipinski definition) is 0. The molecule has 0 bridgehead atoms. The van der Waals surface area contributed by atoms with Gasteiger partial charge in [-0.3, -0.25) is 4.79 Å². The van der Waals surface area contributed by atoms with Crippen LogP contribution in [0.2, 0.25) is 0 Å². The van der Waals surface area contributed by atoms with Gasteiger partial charge >= 0.3 is 5.97 Å². The van der Waals surface area contributed by atoms with E-state index >= 15 is 0 Å². The summed E-state index contributed by atoms with van der Waals surface area (Å²) in [6, 6.07) is 20.6. The average Bonchev–Trinajstić information content (AvgIpc) is 3.08. The minimum Gasteiger partial charge on any atom is -0.426 e. The first kappa shape index (κ1) is 15.0. The van der Waals surface area contributed by atoms with E-state index in [2.05, 4.69) is 6.07 Å². The van der Waals surface area contributed by atoms with Crippen molar-refractivity contribution >= 4 is 17.3 Å². The first-order valence-electron chi connectivity index (χ1n) is 7.08. The highest BCUT2D eigenvalue weighted by molar-refractivity contribution is 7.10. The largest absolute Gasteiger partial charge is 0.426 e. The van der Waals surface area contributed by atoms with Crippen LogP contribution < -0.4 is 4.74 Å². The summed E-state index contributed by atoms with van der Waals surface area (Å²) in [5.74, 6) is 0.266. The van der Waals surface area contributed by atoms with Gasteiger partial charge in [0.2, 0.25) is 0 Å². The highest BCUT2D eigenvalue weighted by Crippen LogP contribution is 2.23. The normalized spacial score (nSPS) is 10.0. The van der Waals surface area contributed by atoms with Gasteiger partial charge in [-0.05, 0) is 46.8 Å². The Morgan fingerprint density at radius 1 is 1.00 bits per heavy atom. The second-order valence-electron chi connectivity index (χ2n) is 4.94. The smallest absolute Gasteiger partial charge is 0.316 e. The van der Waals surface area contributed by atoms with E-state index in [1.807, 2.05) is 41.8 Å². The lowest BCUT2D eigenvalue weighted by atomic mass is 10.0. The van der Waals surface area contributed by atoms with E-state index in [9.17, 15) is 4.79 Å². The molecule has 1 heterocycles. The number of benzene rings is 2. The summed E-state index contributed by atoms with van der Waals surface area (Å²) in [7, 11) is 0. The van der Waals surface area contributed by atoms with Crippen molar-refractivity contribution in [3.05, 3.63) is 76.5 Å². The van der Waals surface area contributed by atoms with Crippen LogP contribution in [-0.4, -0.2) is 5.97 Å². The first-order valence-corrected chi connectivity index (χ1v) is 7.96. The molecule has 3 rings (SSSR count). The maximum atomic E-state index is 11.9. The van der Waals surface area contributed by atoms with E-state index < -0.39 is 0 Å². The summed E-state index contributed by atoms with van der Waals surface area (Å²) < 4.78 is 5.34. The zero-order valence-corrected chi connectivity index (χ0v) is 13.0. The van der Waals surface area contributed by atoms with Crippen molar-refractivity contribution in [2.24, 2.45) is 0 Å². The Morgan fingerprint density at radius 3 is 2.22 bits per heavy atom. The van der Waals surface area contributed by atoms with Crippen molar-refractivity contribution in [2.45, 2.75) is 6.42 Å². The van der Waals surface area contributed by atoms with E-state index in [0.717, 1.165) is 16.0 Å². The van der Waals surface area contributed by atoms with Crippen molar-refractivity contribution in [1.82, 2.24) is 0 Å². The third-order valence-corrected chi connectivity index (χ3v) is 4.21. The lowest BCUT2D eigenvalue weighted by molar-refractivity contribution is -0.133. The van der Waals surface area contributed by atoms with Gasteiger partial charge in [-0.15, -0.1) is 11.3 Å². The molecule has 0 aliphatic heterocycles. The Morgan fingerprint density at radius 2 is 1.65 bits per heavy atom. The van der Waals surface area contributed by atoms with Crippen molar-refractivity contribution in [3.63, 3.8) is 0 Å². The van der Waals surface area contributed by atoms with Gasteiger partial charge in [0.25, 0.3) is 0 Å². The predicted molar refractivity (Wildman–Crippen MR) is 90.3 cm³/mol. The molecule has 0 saturated heterocycles. The molecule has 1 aromatic heterocycles. The highest BCUT2D eigenvalue weighted by Gasteiger charge is 2.07. The molecular formula is C19H13NO2S. The van der Waals surface area contributed by atoms with Crippen molar-refractivity contribution in [3.8, 4) is 22.9 Å². The molecule has 0 saturated carbocycles. The topological polar surface area (TPSA) is 50.1 Å². The Bertz CT molecular complexity index is 829. The van der Waals surface area contributed by atoms with Gasteiger partial charge in [0.15, 0.2) is 0 Å². The van der Waals surface area contributed by atoms with Gasteiger partial charge in [-0.25, -0.2) is 0 Å². The number of rotatable bonds is 4. The number of thiophene rings is 1. The summed E-state index contributed by atoms with van der Waals surface area (Å²) in [5.41, 5.74) is 2.65. The van der Waals surface area contributed by atoms with E-state index in [4.69, 9.17) is 10.00 Å². The molecule has 0 spiro atoms. The van der Waals surface area contributed by atoms with Gasteiger partial charge in [-0.2, -0.15) is 5.26 Å². The molecule has 0 aliphatic rings. The molecule has 0 radical (unpaired) electrons. The molecule has 3 aromatic rings. The minimum absolute atomic E-state index is 0.265. The van der Waals surface area contributed by atoms with E-state index in [-0.39, 0.29) is 12.4 Å². The third kappa shape index (κ3) is 3.85. The quantitative estimate of drug-likeness (QED) is 0.528. The molecule has 0 atom stereocenters. The fraction of sp³-hybridized carbons (Fsp3) is 0.0526. The average molecular weight is 319 g/mol. The van der Waals surface area contributed by atoms with Gasteiger partial charge in [0.1, 0.15) is 5.75 Å². The molecule has 3 nitrogen and oxygen atoms in total. The molecule has 23 heavy (non-hydrogen) atoms. The summed E-state index contributed by atoms with van der Waals surface area (Å²) in [6.07, 6.45) is 0.287. The molecule has 0 aliphatic carbocycles. The monoisotopic (exact) mass is 319 g/mol. The molecule has 112 valence electrons. The van der Waals surface area contributed by atoms with Crippen molar-refractivity contribution < 1.29 is 9.53 Å². The number of carbonyl (C=O) groups is 1. The van der Waals surface area contributed by atoms with E-state index in [1.165, 1.54) is 0 Å². The fourth-order valence-corrected chi connectivity index (χ4v) is 2.87. The van der Waals surface area contributed by atoms with Gasteiger partial charge in [0.05, 0.1) is 18.1 Å². The first-order chi connectivity index (χ1) is 11.2. The molecule has 0 unspecified atom stereocenters. The van der Waals surface area contributed by atoms with Crippen LogP contribution in [0.3, 0.4) is 0 Å². The van der Waals surface area contributed by atoms with Crippen LogP contribution in [0.25, 0.3) is 11.1 Å². The van der Waals surface area contributed by atoms with E-state index in [0.29, 0.717) is 11.3 Å². The number of nitriles is 1. The number of hydrogen-bond acceptors (Lipinski definition) is 4. The Labute approximate surface area is 138 Å². The summed E-state index contributed by atoms with van der Waals surface area (Å²) in [6.45, 7) is 0. The lowest BCUT2D eigenvalue weighted by Gasteiger charge is -2.06. The number of esters is 1. The van der Waals surface area contributed by atoms with Gasteiger partial charge in [0, 0.05) is 4.88 Å². The van der Waals surface area contributed by atoms with Gasteiger partial charge in [-0.1, -0.05) is 30.3 Å². The van der Waals surface area contributed by atoms with Crippen molar-refractivity contribution in [2.75, 3.05) is 0 Å². The Balaban J connectivity index is 1.66. The summed E-state index contributed by atoms with van der Waals surface area (Å²) in [4.78, 5) is 12.8. The van der Waals surface area contributed by atoms with Crippen LogP contribution in [0.5, 0.6) is 5.75 Å². The molecule has 2 aromatic carbocycles. The highest BCUT2D eigenvalue weighted by atomic mass is 32.1. The number of carbonyl (C=O) groups excluding carboxylic acids is 1. The number of nitrogens with zero attached hydrogens (tertiary/aromatic N) is 1. The van der Waals surface area contributed by atoms with Crippen LogP contribution in [0, 0.1) is 11.3 Å². The number of ether oxygens (including phenoxy) is 1. The molecular weight excluding hydrogens is 306 g/mol. The molecule has 4 heteroatoms. The van der Waals surface area contributed by atoms with Gasteiger partial charge < -0.3 is 4.74 Å². The molecule has 0 amide bonds. The van der Waals surface area contributed by atoms with E-state index in [1.54, 1.807) is 35.6 Å². The van der Waals surface area contributed by atoms with Crippen molar-refractivity contribution in [1.29, 1.82) is 5.26 Å². The fourth-order valence-electron chi connectivity index (χ4n) is 2.18. The van der Waals surface area contributed by atoms with Crippen LogP contribution in [0.1, 0.15) is 10.4 Å². The SMILES string of the molecule is N#Cc1ccc(-c2ccc(OC(=O)Cc3cccs3)cc2)cc1. The second-order valence-corrected chi connectivity index (χ2v) is 5.98. The maximum absolute atomic E-state index is 11.9. The standard InChI is InChI=1S/C19H13NO2S/c20-13-14-3-5-15(6-4-14)16-7-9-17(10-8-16)22-19(21)12-18-2-1-11-23-18/h1-11H,12H2. The minimum atomic E-state index is -0.265. The van der Waals surface area contributed by atoms with Crippen LogP contribution in [-0.2, 0) is 11.2 Å². The lowest BCUT2D eigenvalue weighted by Crippen LogP contribution is -2.10. The zero-order valence-electron chi connectivity index (χ0n) is 12.2. The molecule has 0 fully saturated rings. The maximum Gasteiger partial charge on any atom is 0.316 e. The molecule has 0 N–H and O–H groups in total. The predicted octanol–water partition coefficient (Wildman–Crippen LogP) is 4.43.